The van der Waals surface area contributed by atoms with E-state index >= 15 is 0 Å². The van der Waals surface area contributed by atoms with Gasteiger partial charge in [0.15, 0.2) is 0 Å². The second-order valence-electron chi connectivity index (χ2n) is 6.24. The molecule has 0 radical (unpaired) electrons. The van der Waals surface area contributed by atoms with Crippen molar-refractivity contribution in [2.45, 2.75) is 53.1 Å². The van der Waals surface area contributed by atoms with Gasteiger partial charge in [-0.2, -0.15) is 0 Å². The number of rotatable bonds is 10. The number of carbonyl (C=O) groups is 2. The van der Waals surface area contributed by atoms with Crippen LogP contribution in [0.4, 0.5) is 0 Å². The van der Waals surface area contributed by atoms with E-state index in [1.165, 1.54) is 0 Å². The van der Waals surface area contributed by atoms with Crippen molar-refractivity contribution in [1.82, 2.24) is 10.2 Å². The SMILES string of the molecule is CCCN(CC)Cc1ccc(C(=O)N[C@H](C(=O)O)[C@@H](C)CC)cc1. The first-order valence-corrected chi connectivity index (χ1v) is 8.77. The molecule has 0 aromatic heterocycles. The molecule has 2 atom stereocenters. The van der Waals surface area contributed by atoms with E-state index in [0.717, 1.165) is 31.6 Å². The fourth-order valence-corrected chi connectivity index (χ4v) is 2.59. The largest absolute Gasteiger partial charge is 0.480 e. The summed E-state index contributed by atoms with van der Waals surface area (Å²) in [4.78, 5) is 25.9. The lowest BCUT2D eigenvalue weighted by Crippen LogP contribution is -2.45. The highest BCUT2D eigenvalue weighted by molar-refractivity contribution is 5.96. The van der Waals surface area contributed by atoms with E-state index in [0.29, 0.717) is 12.0 Å². The van der Waals surface area contributed by atoms with Crippen LogP contribution in [0.25, 0.3) is 0 Å². The molecular weight excluding hydrogens is 304 g/mol. The molecule has 0 fully saturated rings. The van der Waals surface area contributed by atoms with Crippen molar-refractivity contribution in [3.05, 3.63) is 35.4 Å². The van der Waals surface area contributed by atoms with Crippen LogP contribution in [0.15, 0.2) is 24.3 Å². The molecule has 1 aromatic carbocycles. The van der Waals surface area contributed by atoms with Gasteiger partial charge in [-0.25, -0.2) is 4.79 Å². The number of carbonyl (C=O) groups excluding carboxylic acids is 1. The summed E-state index contributed by atoms with van der Waals surface area (Å²) in [6.45, 7) is 10.9. The average molecular weight is 334 g/mol. The zero-order chi connectivity index (χ0) is 18.1. The lowest BCUT2D eigenvalue weighted by atomic mass is 9.99. The van der Waals surface area contributed by atoms with Crippen LogP contribution < -0.4 is 5.32 Å². The van der Waals surface area contributed by atoms with Crippen LogP contribution in [0.1, 0.15) is 56.5 Å². The number of aliphatic carboxylic acids is 1. The molecule has 5 heteroatoms. The Morgan fingerprint density at radius 3 is 2.25 bits per heavy atom. The summed E-state index contributed by atoms with van der Waals surface area (Å²) in [7, 11) is 0. The number of benzene rings is 1. The first kappa shape index (κ1) is 20.2. The Balaban J connectivity index is 2.73. The molecule has 0 spiro atoms. The third kappa shape index (κ3) is 5.96. The summed E-state index contributed by atoms with van der Waals surface area (Å²) in [6, 6.07) is 6.54. The molecule has 1 amide bonds. The maximum absolute atomic E-state index is 12.3. The topological polar surface area (TPSA) is 69.6 Å². The Bertz CT molecular complexity index is 528. The van der Waals surface area contributed by atoms with E-state index < -0.39 is 12.0 Å². The van der Waals surface area contributed by atoms with Crippen LogP contribution in [-0.4, -0.2) is 41.0 Å². The first-order valence-electron chi connectivity index (χ1n) is 8.77. The van der Waals surface area contributed by atoms with Gasteiger partial charge in [-0.15, -0.1) is 0 Å². The van der Waals surface area contributed by atoms with Gasteiger partial charge < -0.3 is 10.4 Å². The second-order valence-corrected chi connectivity index (χ2v) is 6.24. The Morgan fingerprint density at radius 1 is 1.17 bits per heavy atom. The van der Waals surface area contributed by atoms with Gasteiger partial charge in [0, 0.05) is 12.1 Å². The van der Waals surface area contributed by atoms with Crippen molar-refractivity contribution < 1.29 is 14.7 Å². The number of hydrogen-bond acceptors (Lipinski definition) is 3. The third-order valence-corrected chi connectivity index (χ3v) is 4.37. The van der Waals surface area contributed by atoms with Gasteiger partial charge in [-0.1, -0.05) is 46.2 Å². The zero-order valence-electron chi connectivity index (χ0n) is 15.2. The van der Waals surface area contributed by atoms with Crippen molar-refractivity contribution in [1.29, 1.82) is 0 Å². The van der Waals surface area contributed by atoms with Crippen molar-refractivity contribution in [2.75, 3.05) is 13.1 Å². The van der Waals surface area contributed by atoms with Gasteiger partial charge >= 0.3 is 5.97 Å². The average Bonchev–Trinajstić information content (AvgIpc) is 2.58. The zero-order valence-corrected chi connectivity index (χ0v) is 15.2. The highest BCUT2D eigenvalue weighted by Gasteiger charge is 2.25. The quantitative estimate of drug-likeness (QED) is 0.689. The minimum Gasteiger partial charge on any atom is -0.480 e. The summed E-state index contributed by atoms with van der Waals surface area (Å²) in [5, 5.41) is 11.9. The molecule has 134 valence electrons. The third-order valence-electron chi connectivity index (χ3n) is 4.37. The molecule has 5 nitrogen and oxygen atoms in total. The minimum atomic E-state index is -0.993. The van der Waals surface area contributed by atoms with E-state index in [1.807, 2.05) is 26.0 Å². The predicted octanol–water partition coefficient (Wildman–Crippen LogP) is 3.15. The molecule has 0 aliphatic carbocycles. The molecule has 1 rings (SSSR count). The van der Waals surface area contributed by atoms with E-state index in [2.05, 4.69) is 24.1 Å². The highest BCUT2D eigenvalue weighted by Crippen LogP contribution is 2.11. The fourth-order valence-electron chi connectivity index (χ4n) is 2.59. The number of nitrogens with zero attached hydrogens (tertiary/aromatic N) is 1. The summed E-state index contributed by atoms with van der Waals surface area (Å²) in [5.74, 6) is -1.44. The van der Waals surface area contributed by atoms with E-state index in [9.17, 15) is 14.7 Å². The van der Waals surface area contributed by atoms with Crippen molar-refractivity contribution in [3.8, 4) is 0 Å². The van der Waals surface area contributed by atoms with E-state index in [4.69, 9.17) is 0 Å². The summed E-state index contributed by atoms with van der Waals surface area (Å²) >= 11 is 0. The molecule has 1 aromatic rings. The Morgan fingerprint density at radius 2 is 1.79 bits per heavy atom. The maximum Gasteiger partial charge on any atom is 0.326 e. The lowest BCUT2D eigenvalue weighted by Gasteiger charge is -2.21. The van der Waals surface area contributed by atoms with Gasteiger partial charge in [0.2, 0.25) is 0 Å². The summed E-state index contributed by atoms with van der Waals surface area (Å²) in [6.07, 6.45) is 1.81. The number of carboxylic acids is 1. The lowest BCUT2D eigenvalue weighted by molar-refractivity contribution is -0.140. The molecule has 24 heavy (non-hydrogen) atoms. The van der Waals surface area contributed by atoms with Gasteiger partial charge in [0.25, 0.3) is 5.91 Å². The minimum absolute atomic E-state index is 0.113. The first-order chi connectivity index (χ1) is 11.4. The van der Waals surface area contributed by atoms with Crippen LogP contribution >= 0.6 is 0 Å². The van der Waals surface area contributed by atoms with Crippen LogP contribution in [0, 0.1) is 5.92 Å². The molecule has 0 bridgehead atoms. The van der Waals surface area contributed by atoms with Crippen LogP contribution in [0.5, 0.6) is 0 Å². The monoisotopic (exact) mass is 334 g/mol. The predicted molar refractivity (Wildman–Crippen MR) is 96.0 cm³/mol. The molecule has 0 aliphatic rings. The molecular formula is C19H30N2O3. The van der Waals surface area contributed by atoms with Crippen LogP contribution in [0.3, 0.4) is 0 Å². The van der Waals surface area contributed by atoms with E-state index in [-0.39, 0.29) is 11.8 Å². The Labute approximate surface area is 145 Å². The molecule has 0 unspecified atom stereocenters. The molecule has 0 saturated heterocycles. The van der Waals surface area contributed by atoms with Crippen LogP contribution in [0.2, 0.25) is 0 Å². The number of amides is 1. The molecule has 0 saturated carbocycles. The van der Waals surface area contributed by atoms with Gasteiger partial charge in [-0.3, -0.25) is 9.69 Å². The van der Waals surface area contributed by atoms with Crippen molar-refractivity contribution >= 4 is 11.9 Å². The van der Waals surface area contributed by atoms with E-state index in [1.54, 1.807) is 12.1 Å². The summed E-state index contributed by atoms with van der Waals surface area (Å²) < 4.78 is 0. The second kappa shape index (κ2) is 10.1. The normalized spacial score (nSPS) is 13.5. The van der Waals surface area contributed by atoms with Gasteiger partial charge in [0.05, 0.1) is 0 Å². The number of nitrogens with one attached hydrogen (secondary N) is 1. The van der Waals surface area contributed by atoms with Gasteiger partial charge in [-0.05, 0) is 43.1 Å². The molecule has 2 N–H and O–H groups in total. The fraction of sp³-hybridized carbons (Fsp3) is 0.579. The molecule has 0 aliphatic heterocycles. The smallest absolute Gasteiger partial charge is 0.326 e. The Kier molecular flexibility index (Phi) is 8.47. The molecule has 0 heterocycles. The number of hydrogen-bond donors (Lipinski definition) is 2. The van der Waals surface area contributed by atoms with Crippen LogP contribution in [-0.2, 0) is 11.3 Å². The van der Waals surface area contributed by atoms with Gasteiger partial charge in [0.1, 0.15) is 6.04 Å². The highest BCUT2D eigenvalue weighted by atomic mass is 16.4. The van der Waals surface area contributed by atoms with Crippen molar-refractivity contribution in [2.24, 2.45) is 5.92 Å². The maximum atomic E-state index is 12.3. The van der Waals surface area contributed by atoms with Crippen molar-refractivity contribution in [3.63, 3.8) is 0 Å². The number of carboxylic acid groups (broad SMARTS) is 1. The Hall–Kier alpha value is -1.88. The summed E-state index contributed by atoms with van der Waals surface area (Å²) in [5.41, 5.74) is 1.64. The standard InChI is InChI=1S/C19H30N2O3/c1-5-12-21(7-3)13-15-8-10-16(11-9-15)18(22)20-17(19(23)24)14(4)6-2/h8-11,14,17H,5-7,12-13H2,1-4H3,(H,20,22)(H,23,24)/t14-,17-/m0/s1.